The van der Waals surface area contributed by atoms with Crippen molar-refractivity contribution < 1.29 is 0 Å². The standard InChI is InChI=1S/C10H13NS/c1-8-7-12-10(11-8)9-5-3-2-4-6-9/h2-6,8,10-11H,7H2,1H3/t8-,10?/m0/s1. The van der Waals surface area contributed by atoms with E-state index in [1.165, 1.54) is 11.3 Å². The van der Waals surface area contributed by atoms with Crippen molar-refractivity contribution in [3.63, 3.8) is 0 Å². The van der Waals surface area contributed by atoms with Gasteiger partial charge in [0.25, 0.3) is 0 Å². The van der Waals surface area contributed by atoms with Crippen molar-refractivity contribution in [1.82, 2.24) is 5.32 Å². The van der Waals surface area contributed by atoms with Crippen LogP contribution in [0.15, 0.2) is 30.3 Å². The van der Waals surface area contributed by atoms with Crippen molar-refractivity contribution >= 4 is 11.8 Å². The maximum Gasteiger partial charge on any atom is 0.0792 e. The summed E-state index contributed by atoms with van der Waals surface area (Å²) in [5.41, 5.74) is 1.40. The van der Waals surface area contributed by atoms with Crippen LogP contribution in [0.3, 0.4) is 0 Å². The lowest BCUT2D eigenvalue weighted by Crippen LogP contribution is -2.21. The number of benzene rings is 1. The zero-order valence-electron chi connectivity index (χ0n) is 7.16. The molecule has 1 unspecified atom stereocenters. The van der Waals surface area contributed by atoms with E-state index in [2.05, 4.69) is 42.6 Å². The highest BCUT2D eigenvalue weighted by atomic mass is 32.2. The SMILES string of the molecule is C[C@H]1CSC(c2ccccc2)N1. The molecule has 2 atom stereocenters. The molecule has 0 aliphatic carbocycles. The first kappa shape index (κ1) is 8.14. The van der Waals surface area contributed by atoms with Crippen molar-refractivity contribution in [3.8, 4) is 0 Å². The molecule has 0 bridgehead atoms. The van der Waals surface area contributed by atoms with E-state index < -0.39 is 0 Å². The van der Waals surface area contributed by atoms with Crippen molar-refractivity contribution in [2.75, 3.05) is 5.75 Å². The zero-order chi connectivity index (χ0) is 8.39. The Kier molecular flexibility index (Phi) is 2.38. The Morgan fingerprint density at radius 3 is 2.67 bits per heavy atom. The van der Waals surface area contributed by atoms with Crippen molar-refractivity contribution in [3.05, 3.63) is 35.9 Å². The minimum atomic E-state index is 0.515. The fourth-order valence-corrected chi connectivity index (χ4v) is 2.67. The topological polar surface area (TPSA) is 12.0 Å². The van der Waals surface area contributed by atoms with Gasteiger partial charge in [-0.1, -0.05) is 30.3 Å². The maximum absolute atomic E-state index is 3.53. The van der Waals surface area contributed by atoms with Crippen LogP contribution in [0.25, 0.3) is 0 Å². The summed E-state index contributed by atoms with van der Waals surface area (Å²) < 4.78 is 0. The van der Waals surface area contributed by atoms with Gasteiger partial charge in [0, 0.05) is 11.8 Å². The lowest BCUT2D eigenvalue weighted by Gasteiger charge is -2.10. The van der Waals surface area contributed by atoms with Crippen LogP contribution in [-0.4, -0.2) is 11.8 Å². The van der Waals surface area contributed by atoms with Gasteiger partial charge in [0.15, 0.2) is 0 Å². The van der Waals surface area contributed by atoms with Crippen LogP contribution in [-0.2, 0) is 0 Å². The molecule has 0 saturated carbocycles. The molecule has 0 aromatic heterocycles. The lowest BCUT2D eigenvalue weighted by molar-refractivity contribution is 0.618. The first-order chi connectivity index (χ1) is 5.86. The molecule has 0 radical (unpaired) electrons. The van der Waals surface area contributed by atoms with Crippen molar-refractivity contribution in [2.24, 2.45) is 0 Å². The Balaban J connectivity index is 2.11. The molecule has 2 rings (SSSR count). The second-order valence-corrected chi connectivity index (χ2v) is 4.33. The van der Waals surface area contributed by atoms with Gasteiger partial charge in [-0.2, -0.15) is 0 Å². The molecule has 0 spiro atoms. The van der Waals surface area contributed by atoms with Crippen LogP contribution in [0.2, 0.25) is 0 Å². The maximum atomic E-state index is 3.53. The van der Waals surface area contributed by atoms with E-state index >= 15 is 0 Å². The average molecular weight is 179 g/mol. The smallest absolute Gasteiger partial charge is 0.0792 e. The van der Waals surface area contributed by atoms with Gasteiger partial charge in [-0.15, -0.1) is 11.8 Å². The molecule has 0 amide bonds. The Hall–Kier alpha value is -0.470. The van der Waals surface area contributed by atoms with E-state index in [0.717, 1.165) is 0 Å². The number of rotatable bonds is 1. The molecule has 1 nitrogen and oxygen atoms in total. The van der Waals surface area contributed by atoms with Gasteiger partial charge >= 0.3 is 0 Å². The van der Waals surface area contributed by atoms with Crippen LogP contribution in [0.1, 0.15) is 17.9 Å². The summed E-state index contributed by atoms with van der Waals surface area (Å²) in [5, 5.41) is 4.05. The number of nitrogens with one attached hydrogen (secondary N) is 1. The summed E-state index contributed by atoms with van der Waals surface area (Å²) in [6.45, 7) is 2.23. The summed E-state index contributed by atoms with van der Waals surface area (Å²) in [5.74, 6) is 1.22. The molecule has 1 aliphatic rings. The molecule has 2 heteroatoms. The van der Waals surface area contributed by atoms with Gasteiger partial charge in [-0.3, -0.25) is 5.32 Å². The van der Waals surface area contributed by atoms with Gasteiger partial charge in [0.05, 0.1) is 5.37 Å². The number of thioether (sulfide) groups is 1. The third-order valence-corrected chi connectivity index (χ3v) is 3.49. The highest BCUT2D eigenvalue weighted by Gasteiger charge is 2.21. The average Bonchev–Trinajstić information content (AvgIpc) is 2.54. The van der Waals surface area contributed by atoms with Crippen LogP contribution >= 0.6 is 11.8 Å². The summed E-state index contributed by atoms with van der Waals surface area (Å²) in [6.07, 6.45) is 0. The van der Waals surface area contributed by atoms with Crippen LogP contribution in [0.5, 0.6) is 0 Å². The second-order valence-electron chi connectivity index (χ2n) is 3.19. The van der Waals surface area contributed by atoms with Crippen molar-refractivity contribution in [1.29, 1.82) is 0 Å². The Bertz CT molecular complexity index is 247. The van der Waals surface area contributed by atoms with Gasteiger partial charge in [0.1, 0.15) is 0 Å². The van der Waals surface area contributed by atoms with E-state index in [0.29, 0.717) is 11.4 Å². The van der Waals surface area contributed by atoms with Crippen LogP contribution in [0.4, 0.5) is 0 Å². The Labute approximate surface area is 77.6 Å². The van der Waals surface area contributed by atoms with Gasteiger partial charge in [-0.05, 0) is 12.5 Å². The molecule has 64 valence electrons. The predicted molar refractivity (Wildman–Crippen MR) is 54.2 cm³/mol. The lowest BCUT2D eigenvalue weighted by atomic mass is 10.2. The summed E-state index contributed by atoms with van der Waals surface area (Å²) in [7, 11) is 0. The molecule has 1 saturated heterocycles. The third-order valence-electron chi connectivity index (χ3n) is 2.05. The summed E-state index contributed by atoms with van der Waals surface area (Å²) in [4.78, 5) is 0. The number of hydrogen-bond acceptors (Lipinski definition) is 2. The molecule has 1 N–H and O–H groups in total. The summed E-state index contributed by atoms with van der Waals surface area (Å²) >= 11 is 1.99. The van der Waals surface area contributed by atoms with E-state index in [9.17, 15) is 0 Å². The van der Waals surface area contributed by atoms with E-state index in [4.69, 9.17) is 0 Å². The van der Waals surface area contributed by atoms with E-state index in [-0.39, 0.29) is 0 Å². The molecule has 1 aromatic carbocycles. The fourth-order valence-electron chi connectivity index (χ4n) is 1.42. The molecule has 1 aromatic rings. The molecule has 1 fully saturated rings. The zero-order valence-corrected chi connectivity index (χ0v) is 7.97. The first-order valence-electron chi connectivity index (χ1n) is 4.29. The largest absolute Gasteiger partial charge is 0.298 e. The predicted octanol–water partition coefficient (Wildman–Crippen LogP) is 2.41. The third kappa shape index (κ3) is 1.65. The van der Waals surface area contributed by atoms with E-state index in [1.54, 1.807) is 0 Å². The Morgan fingerprint density at radius 1 is 1.33 bits per heavy atom. The monoisotopic (exact) mass is 179 g/mol. The Morgan fingerprint density at radius 2 is 2.08 bits per heavy atom. The first-order valence-corrected chi connectivity index (χ1v) is 5.34. The van der Waals surface area contributed by atoms with Gasteiger partial charge in [0.2, 0.25) is 0 Å². The highest BCUT2D eigenvalue weighted by Crippen LogP contribution is 2.31. The number of hydrogen-bond donors (Lipinski definition) is 1. The minimum Gasteiger partial charge on any atom is -0.298 e. The molecule has 12 heavy (non-hydrogen) atoms. The summed E-state index contributed by atoms with van der Waals surface area (Å²) in [6, 6.07) is 11.3. The molecular weight excluding hydrogens is 166 g/mol. The van der Waals surface area contributed by atoms with Crippen molar-refractivity contribution in [2.45, 2.75) is 18.3 Å². The molecule has 1 heterocycles. The van der Waals surface area contributed by atoms with Crippen LogP contribution in [0, 0.1) is 0 Å². The normalized spacial score (nSPS) is 29.1. The second kappa shape index (κ2) is 3.50. The molecule has 1 aliphatic heterocycles. The fraction of sp³-hybridized carbons (Fsp3) is 0.400. The van der Waals surface area contributed by atoms with Gasteiger partial charge in [-0.25, -0.2) is 0 Å². The highest BCUT2D eigenvalue weighted by molar-refractivity contribution is 7.99. The van der Waals surface area contributed by atoms with Crippen LogP contribution < -0.4 is 5.32 Å². The quantitative estimate of drug-likeness (QED) is 0.710. The van der Waals surface area contributed by atoms with E-state index in [1.807, 2.05) is 11.8 Å². The minimum absolute atomic E-state index is 0.515. The van der Waals surface area contributed by atoms with Gasteiger partial charge < -0.3 is 0 Å². The molecular formula is C10H13NS.